The number of nitrogens with zero attached hydrogens (tertiary/aromatic N) is 1. The van der Waals surface area contributed by atoms with E-state index in [4.69, 9.17) is 21.1 Å². The van der Waals surface area contributed by atoms with Gasteiger partial charge < -0.3 is 9.47 Å². The smallest absolute Gasteiger partial charge is 0.277 e. The van der Waals surface area contributed by atoms with Crippen molar-refractivity contribution in [2.45, 2.75) is 6.92 Å². The monoisotopic (exact) mass is 382 g/mol. The summed E-state index contributed by atoms with van der Waals surface area (Å²) in [6.45, 7) is 2.40. The largest absolute Gasteiger partial charge is 0.494 e. The van der Waals surface area contributed by atoms with Gasteiger partial charge in [0.05, 0.1) is 12.8 Å². The zero-order valence-electron chi connectivity index (χ0n) is 14.8. The summed E-state index contributed by atoms with van der Waals surface area (Å²) < 4.78 is 11.0. The molecule has 27 heavy (non-hydrogen) atoms. The van der Waals surface area contributed by atoms with Crippen molar-refractivity contribution < 1.29 is 14.3 Å². The summed E-state index contributed by atoms with van der Waals surface area (Å²) in [5, 5.41) is 6.32. The first-order valence-corrected chi connectivity index (χ1v) is 8.90. The molecule has 5 nitrogen and oxygen atoms in total. The topological polar surface area (TPSA) is 59.9 Å². The minimum atomic E-state index is -0.351. The molecule has 0 spiro atoms. The number of carbonyl (C=O) groups excluding carboxylic acids is 1. The highest BCUT2D eigenvalue weighted by molar-refractivity contribution is 6.35. The van der Waals surface area contributed by atoms with E-state index in [9.17, 15) is 4.79 Å². The van der Waals surface area contributed by atoms with Crippen LogP contribution in [0.25, 0.3) is 10.8 Å². The van der Waals surface area contributed by atoms with Crippen LogP contribution in [-0.2, 0) is 4.79 Å². The van der Waals surface area contributed by atoms with Gasteiger partial charge in [0.25, 0.3) is 5.91 Å². The average Bonchev–Trinajstić information content (AvgIpc) is 2.69. The molecule has 0 bridgehead atoms. The Morgan fingerprint density at radius 3 is 2.52 bits per heavy atom. The van der Waals surface area contributed by atoms with Crippen LogP contribution in [-0.4, -0.2) is 25.3 Å². The number of hydrazone groups is 1. The quantitative estimate of drug-likeness (QED) is 0.486. The van der Waals surface area contributed by atoms with Gasteiger partial charge in [-0.15, -0.1) is 0 Å². The zero-order valence-corrected chi connectivity index (χ0v) is 15.6. The lowest BCUT2D eigenvalue weighted by Gasteiger charge is -2.09. The lowest BCUT2D eigenvalue weighted by molar-refractivity contribution is -0.123. The lowest BCUT2D eigenvalue weighted by atomic mass is 10.1. The van der Waals surface area contributed by atoms with Crippen LogP contribution in [0.2, 0.25) is 5.02 Å². The number of hydrogen-bond acceptors (Lipinski definition) is 4. The molecular formula is C21H19ClN2O3. The maximum absolute atomic E-state index is 12.0. The molecule has 0 saturated heterocycles. The highest BCUT2D eigenvalue weighted by Gasteiger charge is 2.07. The van der Waals surface area contributed by atoms with Gasteiger partial charge in [-0.1, -0.05) is 35.9 Å². The van der Waals surface area contributed by atoms with E-state index in [0.717, 1.165) is 22.1 Å². The highest BCUT2D eigenvalue weighted by Crippen LogP contribution is 2.31. The maximum atomic E-state index is 12.0. The van der Waals surface area contributed by atoms with E-state index in [1.165, 1.54) is 0 Å². The standard InChI is InChI=1S/C21H19ClN2O3/c1-2-26-16-9-7-15(8-10-16)13-23-24-21(25)14-27-20-12-11-19(22)17-5-3-4-6-18(17)20/h3-13H,2,14H2,1H3,(H,24,25)/b23-13-. The molecule has 3 rings (SSSR count). The van der Waals surface area contributed by atoms with Gasteiger partial charge >= 0.3 is 0 Å². The van der Waals surface area contributed by atoms with E-state index >= 15 is 0 Å². The van der Waals surface area contributed by atoms with Crippen LogP contribution in [0.4, 0.5) is 0 Å². The Kier molecular flexibility index (Phi) is 6.28. The number of halogens is 1. The van der Waals surface area contributed by atoms with Gasteiger partial charge in [0.15, 0.2) is 6.61 Å². The Balaban J connectivity index is 1.55. The Bertz CT molecular complexity index is 955. The minimum Gasteiger partial charge on any atom is -0.494 e. The summed E-state index contributed by atoms with van der Waals surface area (Å²) in [5.74, 6) is 1.04. The normalized spacial score (nSPS) is 10.9. The van der Waals surface area contributed by atoms with Crippen LogP contribution in [0.5, 0.6) is 11.5 Å². The van der Waals surface area contributed by atoms with E-state index in [0.29, 0.717) is 17.4 Å². The second-order valence-electron chi connectivity index (χ2n) is 5.68. The molecule has 6 heteroatoms. The Hall–Kier alpha value is -3.05. The average molecular weight is 383 g/mol. The highest BCUT2D eigenvalue weighted by atomic mass is 35.5. The second kappa shape index (κ2) is 9.05. The summed E-state index contributed by atoms with van der Waals surface area (Å²) in [7, 11) is 0. The lowest BCUT2D eigenvalue weighted by Crippen LogP contribution is -2.24. The molecule has 0 aromatic heterocycles. The molecule has 0 fully saturated rings. The van der Waals surface area contributed by atoms with Gasteiger partial charge in [-0.2, -0.15) is 5.10 Å². The summed E-state index contributed by atoms with van der Waals surface area (Å²) >= 11 is 6.18. The van der Waals surface area contributed by atoms with E-state index in [1.54, 1.807) is 18.3 Å². The third-order valence-electron chi connectivity index (χ3n) is 3.78. The van der Waals surface area contributed by atoms with Crippen LogP contribution < -0.4 is 14.9 Å². The van der Waals surface area contributed by atoms with Gasteiger partial charge in [-0.25, -0.2) is 5.43 Å². The minimum absolute atomic E-state index is 0.147. The molecule has 0 aliphatic heterocycles. The predicted molar refractivity (Wildman–Crippen MR) is 108 cm³/mol. The van der Waals surface area contributed by atoms with E-state index < -0.39 is 0 Å². The summed E-state index contributed by atoms with van der Waals surface area (Å²) in [5.41, 5.74) is 3.30. The molecule has 0 aliphatic carbocycles. The number of nitrogens with one attached hydrogen (secondary N) is 1. The van der Waals surface area contributed by atoms with Crippen molar-refractivity contribution in [1.82, 2.24) is 5.43 Å². The molecule has 0 saturated carbocycles. The first kappa shape index (κ1) is 18.7. The zero-order chi connectivity index (χ0) is 19.1. The predicted octanol–water partition coefficient (Wildman–Crippen LogP) is 4.42. The van der Waals surface area contributed by atoms with Gasteiger partial charge in [0, 0.05) is 15.8 Å². The van der Waals surface area contributed by atoms with Crippen LogP contribution >= 0.6 is 11.6 Å². The first-order valence-electron chi connectivity index (χ1n) is 8.52. The summed E-state index contributed by atoms with van der Waals surface area (Å²) in [6, 6.07) is 18.5. The van der Waals surface area contributed by atoms with Gasteiger partial charge in [0.1, 0.15) is 11.5 Å². The molecule has 1 N–H and O–H groups in total. The van der Waals surface area contributed by atoms with Crippen molar-refractivity contribution in [3.05, 3.63) is 71.2 Å². The van der Waals surface area contributed by atoms with Crippen molar-refractivity contribution in [2.24, 2.45) is 5.10 Å². The van der Waals surface area contributed by atoms with Crippen LogP contribution in [0.15, 0.2) is 65.8 Å². The van der Waals surface area contributed by atoms with E-state index in [2.05, 4.69) is 10.5 Å². The van der Waals surface area contributed by atoms with Crippen molar-refractivity contribution in [3.63, 3.8) is 0 Å². The van der Waals surface area contributed by atoms with Crippen molar-refractivity contribution >= 4 is 34.5 Å². The molecule has 3 aromatic carbocycles. The molecule has 0 atom stereocenters. The van der Waals surface area contributed by atoms with Gasteiger partial charge in [0.2, 0.25) is 0 Å². The molecule has 0 heterocycles. The number of ether oxygens (including phenoxy) is 2. The fourth-order valence-corrected chi connectivity index (χ4v) is 2.76. The molecule has 0 unspecified atom stereocenters. The molecular weight excluding hydrogens is 364 g/mol. The van der Waals surface area contributed by atoms with E-state index in [1.807, 2.05) is 55.5 Å². The van der Waals surface area contributed by atoms with Crippen molar-refractivity contribution in [3.8, 4) is 11.5 Å². The van der Waals surface area contributed by atoms with Crippen LogP contribution in [0.3, 0.4) is 0 Å². The number of carbonyl (C=O) groups is 1. The third-order valence-corrected chi connectivity index (χ3v) is 4.11. The molecule has 3 aromatic rings. The summed E-state index contributed by atoms with van der Waals surface area (Å²) in [4.78, 5) is 12.0. The second-order valence-corrected chi connectivity index (χ2v) is 6.08. The Labute approximate surface area is 162 Å². The number of rotatable bonds is 7. The number of hydrogen-bond donors (Lipinski definition) is 1. The fourth-order valence-electron chi connectivity index (χ4n) is 2.53. The van der Waals surface area contributed by atoms with Crippen molar-refractivity contribution in [2.75, 3.05) is 13.2 Å². The van der Waals surface area contributed by atoms with Gasteiger partial charge in [-0.3, -0.25) is 4.79 Å². The van der Waals surface area contributed by atoms with Crippen molar-refractivity contribution in [1.29, 1.82) is 0 Å². The number of amides is 1. The summed E-state index contributed by atoms with van der Waals surface area (Å²) in [6.07, 6.45) is 1.56. The SMILES string of the molecule is CCOc1ccc(/C=N\NC(=O)COc2ccc(Cl)c3ccccc23)cc1. The van der Waals surface area contributed by atoms with Gasteiger partial charge in [-0.05, 0) is 48.9 Å². The first-order chi connectivity index (χ1) is 13.2. The molecule has 0 aliphatic rings. The molecule has 0 radical (unpaired) electrons. The van der Waals surface area contributed by atoms with Crippen LogP contribution in [0.1, 0.15) is 12.5 Å². The van der Waals surface area contributed by atoms with E-state index in [-0.39, 0.29) is 12.5 Å². The molecule has 1 amide bonds. The number of benzene rings is 3. The number of fused-ring (bicyclic) bond motifs is 1. The Morgan fingerprint density at radius 1 is 1.04 bits per heavy atom. The maximum Gasteiger partial charge on any atom is 0.277 e. The third kappa shape index (κ3) is 4.99. The Morgan fingerprint density at radius 2 is 1.78 bits per heavy atom. The fraction of sp³-hybridized carbons (Fsp3) is 0.143. The molecule has 138 valence electrons. The van der Waals surface area contributed by atoms with Crippen LogP contribution in [0, 0.1) is 0 Å².